The van der Waals surface area contributed by atoms with Gasteiger partial charge in [-0.05, 0) is 37.1 Å². The third-order valence-electron chi connectivity index (χ3n) is 5.17. The fourth-order valence-electron chi connectivity index (χ4n) is 3.82. The molecule has 0 bridgehead atoms. The zero-order valence-corrected chi connectivity index (χ0v) is 17.7. The standard InChI is InChI=1S/C20H22ClN5O4/c1-4-30-15(27)11-26-18(28)16-17(23(3)20(26)29)22-19-24(9-12(2)10-25(16)19)14-7-5-13(21)6-8-14/h5-8,12H,4,9-11H2,1-3H3/t12-/m1/s1. The van der Waals surface area contributed by atoms with Crippen LogP contribution in [0.3, 0.4) is 0 Å². The Balaban J connectivity index is 1.93. The number of ether oxygens (including phenoxy) is 1. The van der Waals surface area contributed by atoms with E-state index in [4.69, 9.17) is 16.3 Å². The Morgan fingerprint density at radius 3 is 2.60 bits per heavy atom. The molecule has 1 aliphatic rings. The van der Waals surface area contributed by atoms with E-state index in [0.717, 1.165) is 10.3 Å². The molecular formula is C20H22ClN5O4. The lowest BCUT2D eigenvalue weighted by molar-refractivity contribution is -0.143. The number of fused-ring (bicyclic) bond motifs is 3. The minimum atomic E-state index is -0.634. The second-order valence-electron chi connectivity index (χ2n) is 7.42. The Kier molecular flexibility index (Phi) is 5.15. The van der Waals surface area contributed by atoms with Gasteiger partial charge >= 0.3 is 11.7 Å². The summed E-state index contributed by atoms with van der Waals surface area (Å²) in [4.78, 5) is 44.5. The molecule has 0 unspecified atom stereocenters. The molecular weight excluding hydrogens is 410 g/mol. The largest absolute Gasteiger partial charge is 0.465 e. The number of rotatable bonds is 4. The highest BCUT2D eigenvalue weighted by Crippen LogP contribution is 2.33. The van der Waals surface area contributed by atoms with Crippen LogP contribution in [0.5, 0.6) is 0 Å². The lowest BCUT2D eigenvalue weighted by Gasteiger charge is -2.33. The van der Waals surface area contributed by atoms with Gasteiger partial charge in [-0.25, -0.2) is 9.36 Å². The van der Waals surface area contributed by atoms with Gasteiger partial charge < -0.3 is 14.2 Å². The molecule has 3 aromatic rings. The van der Waals surface area contributed by atoms with Crippen LogP contribution in [-0.2, 0) is 29.7 Å². The van der Waals surface area contributed by atoms with Crippen LogP contribution in [0.1, 0.15) is 13.8 Å². The summed E-state index contributed by atoms with van der Waals surface area (Å²) in [7, 11) is 1.54. The van der Waals surface area contributed by atoms with Gasteiger partial charge in [0.1, 0.15) is 6.54 Å². The molecule has 1 aliphatic heterocycles. The number of nitrogens with zero attached hydrogens (tertiary/aromatic N) is 5. The van der Waals surface area contributed by atoms with E-state index in [1.165, 1.54) is 4.57 Å². The zero-order chi connectivity index (χ0) is 21.6. The lowest BCUT2D eigenvalue weighted by atomic mass is 10.1. The Morgan fingerprint density at radius 1 is 1.23 bits per heavy atom. The Labute approximate surface area is 177 Å². The number of hydrogen-bond acceptors (Lipinski definition) is 6. The molecule has 1 aromatic carbocycles. The summed E-state index contributed by atoms with van der Waals surface area (Å²) >= 11 is 6.02. The Bertz CT molecular complexity index is 1240. The Morgan fingerprint density at radius 2 is 1.93 bits per heavy atom. The first kappa shape index (κ1) is 20.2. The molecule has 0 saturated carbocycles. The van der Waals surface area contributed by atoms with Gasteiger partial charge in [-0.1, -0.05) is 18.5 Å². The van der Waals surface area contributed by atoms with Crippen molar-refractivity contribution in [2.75, 3.05) is 18.1 Å². The molecule has 0 saturated heterocycles. The van der Waals surface area contributed by atoms with Gasteiger partial charge in [-0.15, -0.1) is 0 Å². The second kappa shape index (κ2) is 7.64. The highest BCUT2D eigenvalue weighted by molar-refractivity contribution is 6.30. The molecule has 0 N–H and O–H groups in total. The van der Waals surface area contributed by atoms with Crippen molar-refractivity contribution in [3.63, 3.8) is 0 Å². The van der Waals surface area contributed by atoms with E-state index >= 15 is 0 Å². The molecule has 0 spiro atoms. The monoisotopic (exact) mass is 431 g/mol. The molecule has 0 amide bonds. The van der Waals surface area contributed by atoms with Crippen molar-refractivity contribution < 1.29 is 9.53 Å². The fourth-order valence-corrected chi connectivity index (χ4v) is 3.94. The highest BCUT2D eigenvalue weighted by Gasteiger charge is 2.30. The van der Waals surface area contributed by atoms with E-state index in [1.54, 1.807) is 26.1 Å². The van der Waals surface area contributed by atoms with Crippen LogP contribution in [0.2, 0.25) is 5.02 Å². The van der Waals surface area contributed by atoms with E-state index in [0.29, 0.717) is 29.6 Å². The molecule has 4 rings (SSSR count). The van der Waals surface area contributed by atoms with Crippen LogP contribution >= 0.6 is 11.6 Å². The molecule has 1 atom stereocenters. The minimum Gasteiger partial charge on any atom is -0.465 e. The maximum atomic E-state index is 13.2. The first-order chi connectivity index (χ1) is 14.3. The normalized spacial score (nSPS) is 16.0. The summed E-state index contributed by atoms with van der Waals surface area (Å²) in [5.74, 6) is 0.165. The van der Waals surface area contributed by atoms with Gasteiger partial charge in [0, 0.05) is 30.8 Å². The van der Waals surface area contributed by atoms with Gasteiger partial charge in [0.15, 0.2) is 11.2 Å². The first-order valence-corrected chi connectivity index (χ1v) is 10.1. The predicted octanol–water partition coefficient (Wildman–Crippen LogP) is 1.90. The summed E-state index contributed by atoms with van der Waals surface area (Å²) in [6.45, 7) is 4.76. The number of aromatic nitrogens is 4. The average molecular weight is 432 g/mol. The summed E-state index contributed by atoms with van der Waals surface area (Å²) < 4.78 is 8.94. The number of esters is 1. The summed E-state index contributed by atoms with van der Waals surface area (Å²) in [5, 5.41) is 0.626. The number of halogens is 1. The minimum absolute atomic E-state index is 0.172. The van der Waals surface area contributed by atoms with Crippen LogP contribution in [0, 0.1) is 5.92 Å². The van der Waals surface area contributed by atoms with Crippen molar-refractivity contribution in [2.24, 2.45) is 13.0 Å². The molecule has 9 nitrogen and oxygen atoms in total. The topological polar surface area (TPSA) is 91.4 Å². The number of carbonyl (C=O) groups is 1. The lowest BCUT2D eigenvalue weighted by Crippen LogP contribution is -2.42. The van der Waals surface area contributed by atoms with E-state index in [1.807, 2.05) is 21.6 Å². The van der Waals surface area contributed by atoms with Gasteiger partial charge in [-0.3, -0.25) is 14.2 Å². The number of anilines is 2. The number of imidazole rings is 1. The number of aryl methyl sites for hydroxylation is 1. The quantitative estimate of drug-likeness (QED) is 0.586. The number of hydrogen-bond donors (Lipinski definition) is 0. The summed E-state index contributed by atoms with van der Waals surface area (Å²) in [5.41, 5.74) is 0.307. The predicted molar refractivity (Wildman–Crippen MR) is 113 cm³/mol. The van der Waals surface area contributed by atoms with Gasteiger partial charge in [-0.2, -0.15) is 4.98 Å². The van der Waals surface area contributed by atoms with Gasteiger partial charge in [0.25, 0.3) is 5.56 Å². The highest BCUT2D eigenvalue weighted by atomic mass is 35.5. The van der Waals surface area contributed by atoms with Crippen LogP contribution < -0.4 is 16.1 Å². The van der Waals surface area contributed by atoms with Crippen LogP contribution in [-0.4, -0.2) is 37.8 Å². The first-order valence-electron chi connectivity index (χ1n) is 9.70. The molecule has 3 heterocycles. The summed E-state index contributed by atoms with van der Waals surface area (Å²) in [6, 6.07) is 7.38. The van der Waals surface area contributed by atoms with Crippen molar-refractivity contribution in [2.45, 2.75) is 26.9 Å². The van der Waals surface area contributed by atoms with E-state index in [9.17, 15) is 14.4 Å². The van der Waals surface area contributed by atoms with Crippen LogP contribution in [0.25, 0.3) is 11.2 Å². The SMILES string of the molecule is CCOC(=O)Cn1c(=O)c2c(nc3n2C[C@H](C)CN3c2ccc(Cl)cc2)n(C)c1=O. The van der Waals surface area contributed by atoms with Gasteiger partial charge in [0.05, 0.1) is 6.61 Å². The van der Waals surface area contributed by atoms with Crippen LogP contribution in [0.4, 0.5) is 11.6 Å². The third-order valence-corrected chi connectivity index (χ3v) is 5.43. The molecule has 30 heavy (non-hydrogen) atoms. The maximum Gasteiger partial charge on any atom is 0.333 e. The number of benzene rings is 1. The molecule has 0 radical (unpaired) electrons. The molecule has 10 heteroatoms. The number of carbonyl (C=O) groups excluding carboxylic acids is 1. The molecule has 158 valence electrons. The smallest absolute Gasteiger partial charge is 0.333 e. The van der Waals surface area contributed by atoms with Crippen molar-refractivity contribution in [3.8, 4) is 0 Å². The van der Waals surface area contributed by atoms with E-state index < -0.39 is 23.8 Å². The van der Waals surface area contributed by atoms with E-state index in [2.05, 4.69) is 11.9 Å². The molecule has 0 aliphatic carbocycles. The Hall–Kier alpha value is -3.07. The maximum absolute atomic E-state index is 13.2. The van der Waals surface area contributed by atoms with E-state index in [-0.39, 0.29) is 18.2 Å². The second-order valence-corrected chi connectivity index (χ2v) is 7.86. The van der Waals surface area contributed by atoms with Crippen molar-refractivity contribution in [3.05, 3.63) is 50.1 Å². The van der Waals surface area contributed by atoms with Gasteiger partial charge in [0.2, 0.25) is 5.95 Å². The fraction of sp³-hybridized carbons (Fsp3) is 0.400. The molecule has 0 fully saturated rings. The van der Waals surface area contributed by atoms with Crippen molar-refractivity contribution in [1.82, 2.24) is 18.7 Å². The molecule has 2 aromatic heterocycles. The third kappa shape index (κ3) is 3.28. The van der Waals surface area contributed by atoms with Crippen molar-refractivity contribution in [1.29, 1.82) is 0 Å². The van der Waals surface area contributed by atoms with Crippen LogP contribution in [0.15, 0.2) is 33.9 Å². The average Bonchev–Trinajstić information content (AvgIpc) is 3.09. The van der Waals surface area contributed by atoms with Crippen molar-refractivity contribution >= 4 is 40.4 Å². The zero-order valence-electron chi connectivity index (χ0n) is 17.0. The summed E-state index contributed by atoms with van der Waals surface area (Å²) in [6.07, 6.45) is 0.